The van der Waals surface area contributed by atoms with Crippen molar-refractivity contribution in [2.45, 2.75) is 38.6 Å². The molecule has 20 heavy (non-hydrogen) atoms. The lowest BCUT2D eigenvalue weighted by molar-refractivity contribution is 0.482. The smallest absolute Gasteiger partial charge is 0.123 e. The third kappa shape index (κ3) is 4.69. The molecule has 1 N–H and O–H groups in total. The highest BCUT2D eigenvalue weighted by Gasteiger charge is 2.10. The lowest BCUT2D eigenvalue weighted by Crippen LogP contribution is -2.24. The number of unbranched alkanes of at least 4 members (excludes halogenated alkanes) is 1. The number of nitrogens with zero attached hydrogens (tertiary/aromatic N) is 1. The average Bonchev–Trinajstić information content (AvgIpc) is 2.97. The van der Waals surface area contributed by atoms with E-state index in [1.165, 1.54) is 25.0 Å². The highest BCUT2D eigenvalue weighted by Crippen LogP contribution is 2.20. The Hall–Kier alpha value is -1.26. The number of hydrogen-bond acceptors (Lipinski definition) is 3. The van der Waals surface area contributed by atoms with Crippen LogP contribution in [0.3, 0.4) is 0 Å². The van der Waals surface area contributed by atoms with Crippen molar-refractivity contribution >= 4 is 11.3 Å². The van der Waals surface area contributed by atoms with Crippen LogP contribution in [0.25, 0.3) is 0 Å². The van der Waals surface area contributed by atoms with Crippen LogP contribution in [0.15, 0.2) is 35.2 Å². The molecule has 0 saturated heterocycles. The number of rotatable bonds is 8. The molecule has 2 rings (SSSR count). The molecule has 0 fully saturated rings. The van der Waals surface area contributed by atoms with E-state index in [2.05, 4.69) is 22.6 Å². The number of nitrogens with one attached hydrogen (secondary N) is 1. The maximum atomic E-state index is 13.0. The van der Waals surface area contributed by atoms with Crippen LogP contribution >= 0.6 is 11.3 Å². The van der Waals surface area contributed by atoms with Crippen LogP contribution in [0.5, 0.6) is 0 Å². The molecule has 1 aromatic heterocycles. The summed E-state index contributed by atoms with van der Waals surface area (Å²) in [5.74, 6) is -0.175. The van der Waals surface area contributed by atoms with Crippen molar-refractivity contribution in [2.24, 2.45) is 0 Å². The van der Waals surface area contributed by atoms with Crippen molar-refractivity contribution < 1.29 is 4.39 Å². The van der Waals surface area contributed by atoms with Gasteiger partial charge in [-0.25, -0.2) is 9.37 Å². The highest BCUT2D eigenvalue weighted by atomic mass is 32.1. The Balaban J connectivity index is 1.90. The van der Waals surface area contributed by atoms with Gasteiger partial charge in [0.25, 0.3) is 0 Å². The topological polar surface area (TPSA) is 24.9 Å². The van der Waals surface area contributed by atoms with Gasteiger partial charge in [0.2, 0.25) is 0 Å². The minimum atomic E-state index is -0.175. The Morgan fingerprint density at radius 2 is 2.10 bits per heavy atom. The molecule has 0 radical (unpaired) electrons. The summed E-state index contributed by atoms with van der Waals surface area (Å²) in [4.78, 5) is 4.29. The van der Waals surface area contributed by atoms with Gasteiger partial charge < -0.3 is 5.32 Å². The van der Waals surface area contributed by atoms with E-state index in [0.29, 0.717) is 6.04 Å². The minimum absolute atomic E-state index is 0.175. The van der Waals surface area contributed by atoms with E-state index in [4.69, 9.17) is 0 Å². The first-order valence-electron chi connectivity index (χ1n) is 7.15. The van der Waals surface area contributed by atoms with E-state index < -0.39 is 0 Å². The van der Waals surface area contributed by atoms with Crippen LogP contribution in [0.4, 0.5) is 4.39 Å². The van der Waals surface area contributed by atoms with E-state index in [9.17, 15) is 4.39 Å². The van der Waals surface area contributed by atoms with Gasteiger partial charge in [-0.2, -0.15) is 0 Å². The number of benzene rings is 1. The first-order valence-corrected chi connectivity index (χ1v) is 8.09. The van der Waals surface area contributed by atoms with E-state index >= 15 is 0 Å². The average molecular weight is 292 g/mol. The SMILES string of the molecule is CCCCC(NCCc1cscn1)c1ccc(F)cc1. The molecule has 0 saturated carbocycles. The quantitative estimate of drug-likeness (QED) is 0.782. The summed E-state index contributed by atoms with van der Waals surface area (Å²) in [6.45, 7) is 3.09. The van der Waals surface area contributed by atoms with Gasteiger partial charge in [-0.3, -0.25) is 0 Å². The first-order chi connectivity index (χ1) is 9.79. The van der Waals surface area contributed by atoms with Gasteiger partial charge in [0.1, 0.15) is 5.82 Å². The second-order valence-electron chi connectivity index (χ2n) is 4.93. The van der Waals surface area contributed by atoms with Gasteiger partial charge in [0.15, 0.2) is 0 Å². The molecular formula is C16H21FN2S. The zero-order chi connectivity index (χ0) is 14.2. The second kappa shape index (κ2) is 8.12. The summed E-state index contributed by atoms with van der Waals surface area (Å²) >= 11 is 1.63. The monoisotopic (exact) mass is 292 g/mol. The second-order valence-corrected chi connectivity index (χ2v) is 5.65. The summed E-state index contributed by atoms with van der Waals surface area (Å²) in [6.07, 6.45) is 4.36. The van der Waals surface area contributed by atoms with E-state index in [1.807, 2.05) is 17.6 Å². The molecule has 2 nitrogen and oxygen atoms in total. The zero-order valence-corrected chi connectivity index (χ0v) is 12.6. The third-order valence-electron chi connectivity index (χ3n) is 3.37. The summed E-state index contributed by atoms with van der Waals surface area (Å²) in [5, 5.41) is 5.65. The summed E-state index contributed by atoms with van der Waals surface area (Å²) in [7, 11) is 0. The van der Waals surface area contributed by atoms with E-state index in [0.717, 1.165) is 30.6 Å². The molecule has 108 valence electrons. The third-order valence-corrected chi connectivity index (χ3v) is 4.01. The Labute approximate surface area is 124 Å². The first kappa shape index (κ1) is 15.1. The Kier molecular flexibility index (Phi) is 6.15. The van der Waals surface area contributed by atoms with Crippen molar-refractivity contribution in [3.63, 3.8) is 0 Å². The molecule has 0 bridgehead atoms. The predicted molar refractivity (Wildman–Crippen MR) is 82.5 cm³/mol. The van der Waals surface area contributed by atoms with Gasteiger partial charge in [-0.1, -0.05) is 31.9 Å². The van der Waals surface area contributed by atoms with E-state index in [-0.39, 0.29) is 5.82 Å². The van der Waals surface area contributed by atoms with Gasteiger partial charge in [-0.05, 0) is 24.1 Å². The zero-order valence-electron chi connectivity index (χ0n) is 11.8. The predicted octanol–water partition coefficient (Wildman–Crippen LogP) is 4.35. The summed E-state index contributed by atoms with van der Waals surface area (Å²) < 4.78 is 13.0. The van der Waals surface area contributed by atoms with Crippen LogP contribution in [-0.2, 0) is 6.42 Å². The van der Waals surface area contributed by atoms with Crippen LogP contribution < -0.4 is 5.32 Å². The maximum absolute atomic E-state index is 13.0. The van der Waals surface area contributed by atoms with Crippen LogP contribution in [0.2, 0.25) is 0 Å². The molecule has 1 aromatic carbocycles. The fourth-order valence-corrected chi connectivity index (χ4v) is 2.82. The molecule has 0 aliphatic heterocycles. The van der Waals surface area contributed by atoms with Crippen molar-refractivity contribution in [3.05, 3.63) is 52.2 Å². The Bertz CT molecular complexity index is 482. The largest absolute Gasteiger partial charge is 0.310 e. The van der Waals surface area contributed by atoms with Gasteiger partial charge in [0.05, 0.1) is 11.2 Å². The molecule has 0 amide bonds. The Morgan fingerprint density at radius 3 is 2.75 bits per heavy atom. The molecule has 0 aliphatic rings. The van der Waals surface area contributed by atoms with Crippen molar-refractivity contribution in [1.82, 2.24) is 10.3 Å². The lowest BCUT2D eigenvalue weighted by atomic mass is 10.0. The highest BCUT2D eigenvalue weighted by molar-refractivity contribution is 7.07. The lowest BCUT2D eigenvalue weighted by Gasteiger charge is -2.19. The van der Waals surface area contributed by atoms with Crippen LogP contribution in [0.1, 0.15) is 43.5 Å². The molecule has 0 aliphatic carbocycles. The molecule has 4 heteroatoms. The van der Waals surface area contributed by atoms with Gasteiger partial charge in [-0.15, -0.1) is 11.3 Å². The van der Waals surface area contributed by atoms with Crippen LogP contribution in [0, 0.1) is 5.82 Å². The number of halogens is 1. The van der Waals surface area contributed by atoms with Gasteiger partial charge >= 0.3 is 0 Å². The fourth-order valence-electron chi connectivity index (χ4n) is 2.23. The molecular weight excluding hydrogens is 271 g/mol. The standard InChI is InChI=1S/C16H21FN2S/c1-2-3-4-16(13-5-7-14(17)8-6-13)18-10-9-15-11-20-12-19-15/h5-8,11-12,16,18H,2-4,9-10H2,1H3. The van der Waals surface area contributed by atoms with Crippen LogP contribution in [-0.4, -0.2) is 11.5 Å². The van der Waals surface area contributed by atoms with Crippen molar-refractivity contribution in [1.29, 1.82) is 0 Å². The molecule has 0 spiro atoms. The summed E-state index contributed by atoms with van der Waals surface area (Å²) in [6, 6.07) is 7.14. The molecule has 1 atom stereocenters. The molecule has 1 heterocycles. The van der Waals surface area contributed by atoms with Crippen molar-refractivity contribution in [2.75, 3.05) is 6.54 Å². The molecule has 2 aromatic rings. The normalized spacial score (nSPS) is 12.5. The van der Waals surface area contributed by atoms with E-state index in [1.54, 1.807) is 11.3 Å². The Morgan fingerprint density at radius 1 is 1.30 bits per heavy atom. The number of hydrogen-bond donors (Lipinski definition) is 1. The maximum Gasteiger partial charge on any atom is 0.123 e. The van der Waals surface area contributed by atoms with Crippen molar-refractivity contribution in [3.8, 4) is 0 Å². The minimum Gasteiger partial charge on any atom is -0.310 e. The summed E-state index contributed by atoms with van der Waals surface area (Å²) in [5.41, 5.74) is 4.16. The molecule has 1 unspecified atom stereocenters. The number of aromatic nitrogens is 1. The number of thiazole rings is 1. The van der Waals surface area contributed by atoms with Gasteiger partial charge in [0, 0.05) is 24.4 Å². The fraction of sp³-hybridized carbons (Fsp3) is 0.438.